The van der Waals surface area contributed by atoms with Gasteiger partial charge < -0.3 is 10.3 Å². The molecule has 130 valence electrons. The molecule has 0 saturated heterocycles. The molecule has 0 spiro atoms. The molecule has 25 heavy (non-hydrogen) atoms. The van der Waals surface area contributed by atoms with Gasteiger partial charge in [-0.25, -0.2) is 0 Å². The van der Waals surface area contributed by atoms with Crippen LogP contribution < -0.4 is 5.32 Å². The van der Waals surface area contributed by atoms with Crippen LogP contribution in [-0.2, 0) is 6.54 Å². The maximum atomic E-state index is 12.5. The minimum absolute atomic E-state index is 0.112. The number of benzene rings is 2. The molecule has 5 heteroatoms. The molecule has 0 fully saturated rings. The number of nitrogens with one attached hydrogen (secondary N) is 2. The second-order valence-electron chi connectivity index (χ2n) is 6.32. The van der Waals surface area contributed by atoms with Crippen molar-refractivity contribution in [2.24, 2.45) is 0 Å². The highest BCUT2D eigenvalue weighted by Crippen LogP contribution is 2.26. The first-order valence-corrected chi connectivity index (χ1v) is 8.72. The first kappa shape index (κ1) is 17.5. The highest BCUT2D eigenvalue weighted by atomic mass is 35.5. The Kier molecular flexibility index (Phi) is 5.41. The Bertz CT molecular complexity index is 860. The molecule has 1 unspecified atom stereocenters. The Morgan fingerprint density at radius 1 is 1.20 bits per heavy atom. The topological polar surface area (TPSA) is 48.1 Å². The second-order valence-corrected chi connectivity index (χ2v) is 6.73. The molecular formula is C20H22ClN3O. The summed E-state index contributed by atoms with van der Waals surface area (Å²) in [6.07, 6.45) is 1.71. The number of aromatic amines is 1. The van der Waals surface area contributed by atoms with Gasteiger partial charge in [0.25, 0.3) is 5.91 Å². The van der Waals surface area contributed by atoms with Crippen molar-refractivity contribution in [1.29, 1.82) is 0 Å². The van der Waals surface area contributed by atoms with E-state index in [9.17, 15) is 4.79 Å². The number of likely N-dealkylation sites (N-methyl/N-ethyl adjacent to an activating group) is 1. The fourth-order valence-corrected chi connectivity index (χ4v) is 3.11. The number of carbonyl (C=O) groups is 1. The second kappa shape index (κ2) is 7.72. The maximum Gasteiger partial charge on any atom is 0.253 e. The van der Waals surface area contributed by atoms with Crippen molar-refractivity contribution in [3.63, 3.8) is 0 Å². The van der Waals surface area contributed by atoms with Crippen molar-refractivity contribution >= 4 is 28.4 Å². The summed E-state index contributed by atoms with van der Waals surface area (Å²) < 4.78 is 0. The number of rotatable bonds is 6. The van der Waals surface area contributed by atoms with Gasteiger partial charge in [0, 0.05) is 36.2 Å². The molecule has 0 saturated carbocycles. The van der Waals surface area contributed by atoms with Gasteiger partial charge in [0.05, 0.1) is 10.6 Å². The Morgan fingerprint density at radius 2 is 1.96 bits per heavy atom. The maximum absolute atomic E-state index is 12.5. The van der Waals surface area contributed by atoms with Crippen LogP contribution in [0, 0.1) is 0 Å². The smallest absolute Gasteiger partial charge is 0.253 e. The standard InChI is InChI=1S/C20H22ClN3O/c1-14(24(2)13-15-7-4-3-5-8-15)11-23-20(25)16-12-22-18-10-6-9-17(21)19(16)18/h3-10,12,14,22H,11,13H2,1-2H3,(H,23,25). The number of nitrogens with zero attached hydrogens (tertiary/aromatic N) is 1. The normalized spacial score (nSPS) is 12.5. The molecule has 4 nitrogen and oxygen atoms in total. The zero-order valence-corrected chi connectivity index (χ0v) is 15.2. The summed E-state index contributed by atoms with van der Waals surface area (Å²) in [5.74, 6) is -0.112. The van der Waals surface area contributed by atoms with Gasteiger partial charge in [-0.05, 0) is 31.7 Å². The summed E-state index contributed by atoms with van der Waals surface area (Å²) in [5, 5.41) is 4.36. The molecule has 0 aliphatic rings. The first-order chi connectivity index (χ1) is 12.1. The van der Waals surface area contributed by atoms with E-state index in [0.29, 0.717) is 17.1 Å². The number of halogens is 1. The van der Waals surface area contributed by atoms with E-state index in [-0.39, 0.29) is 11.9 Å². The van der Waals surface area contributed by atoms with Gasteiger partial charge in [-0.1, -0.05) is 48.0 Å². The third-order valence-electron chi connectivity index (χ3n) is 4.48. The summed E-state index contributed by atoms with van der Waals surface area (Å²) in [5.41, 5.74) is 2.71. The molecule has 1 amide bonds. The largest absolute Gasteiger partial charge is 0.360 e. The third kappa shape index (κ3) is 4.03. The Balaban J connectivity index is 1.61. The molecule has 0 aliphatic carbocycles. The minimum atomic E-state index is -0.112. The number of carbonyl (C=O) groups excluding carboxylic acids is 1. The Labute approximate surface area is 152 Å². The molecule has 1 heterocycles. The quantitative estimate of drug-likeness (QED) is 0.700. The first-order valence-electron chi connectivity index (χ1n) is 8.34. The monoisotopic (exact) mass is 355 g/mol. The van der Waals surface area contributed by atoms with Gasteiger partial charge in [-0.15, -0.1) is 0 Å². The summed E-state index contributed by atoms with van der Waals surface area (Å²) in [4.78, 5) is 17.9. The van der Waals surface area contributed by atoms with Crippen LogP contribution in [0.15, 0.2) is 54.7 Å². The average Bonchev–Trinajstić information content (AvgIpc) is 3.06. The van der Waals surface area contributed by atoms with Gasteiger partial charge in [-0.2, -0.15) is 0 Å². The van der Waals surface area contributed by atoms with E-state index >= 15 is 0 Å². The molecule has 3 aromatic rings. The van der Waals surface area contributed by atoms with E-state index in [1.807, 2.05) is 30.3 Å². The van der Waals surface area contributed by atoms with Crippen molar-refractivity contribution in [3.05, 3.63) is 70.9 Å². The molecule has 0 aliphatic heterocycles. The molecule has 2 aromatic carbocycles. The molecule has 1 atom stereocenters. The predicted molar refractivity (Wildman–Crippen MR) is 103 cm³/mol. The number of hydrogen-bond donors (Lipinski definition) is 2. The lowest BCUT2D eigenvalue weighted by Crippen LogP contribution is -2.39. The van der Waals surface area contributed by atoms with Crippen molar-refractivity contribution in [2.45, 2.75) is 19.5 Å². The van der Waals surface area contributed by atoms with E-state index in [1.165, 1.54) is 5.56 Å². The highest BCUT2D eigenvalue weighted by Gasteiger charge is 2.16. The van der Waals surface area contributed by atoms with Crippen molar-refractivity contribution in [1.82, 2.24) is 15.2 Å². The van der Waals surface area contributed by atoms with Gasteiger partial charge in [0.1, 0.15) is 0 Å². The zero-order chi connectivity index (χ0) is 17.8. The number of fused-ring (bicyclic) bond motifs is 1. The number of H-pyrrole nitrogens is 1. The lowest BCUT2D eigenvalue weighted by molar-refractivity contribution is 0.0941. The zero-order valence-electron chi connectivity index (χ0n) is 14.4. The molecular weight excluding hydrogens is 334 g/mol. The van der Waals surface area contributed by atoms with Gasteiger partial charge in [-0.3, -0.25) is 9.69 Å². The van der Waals surface area contributed by atoms with Crippen molar-refractivity contribution in [3.8, 4) is 0 Å². The number of aromatic nitrogens is 1. The number of hydrogen-bond acceptors (Lipinski definition) is 2. The van der Waals surface area contributed by atoms with E-state index in [4.69, 9.17) is 11.6 Å². The molecule has 3 rings (SSSR count). The Morgan fingerprint density at radius 3 is 2.72 bits per heavy atom. The van der Waals surface area contributed by atoms with Crippen LogP contribution >= 0.6 is 11.6 Å². The van der Waals surface area contributed by atoms with Gasteiger partial charge in [0.15, 0.2) is 0 Å². The van der Waals surface area contributed by atoms with Gasteiger partial charge >= 0.3 is 0 Å². The SMILES string of the molecule is CC(CNC(=O)c1c[nH]c2cccc(Cl)c12)N(C)Cc1ccccc1. The summed E-state index contributed by atoms with van der Waals surface area (Å²) in [7, 11) is 2.06. The fourth-order valence-electron chi connectivity index (χ4n) is 2.84. The van der Waals surface area contributed by atoms with E-state index in [1.54, 1.807) is 12.3 Å². The van der Waals surface area contributed by atoms with Gasteiger partial charge in [0.2, 0.25) is 0 Å². The lowest BCUT2D eigenvalue weighted by atomic mass is 10.1. The van der Waals surface area contributed by atoms with Crippen molar-refractivity contribution in [2.75, 3.05) is 13.6 Å². The molecule has 0 bridgehead atoms. The predicted octanol–water partition coefficient (Wildman–Crippen LogP) is 4.07. The summed E-state index contributed by atoms with van der Waals surface area (Å²) in [6, 6.07) is 16.1. The van der Waals surface area contributed by atoms with Crippen LogP contribution in [0.2, 0.25) is 5.02 Å². The van der Waals surface area contributed by atoms with Crippen LogP contribution in [0.5, 0.6) is 0 Å². The minimum Gasteiger partial charge on any atom is -0.360 e. The summed E-state index contributed by atoms with van der Waals surface area (Å²) in [6.45, 7) is 3.52. The molecule has 2 N–H and O–H groups in total. The van der Waals surface area contributed by atoms with Crippen LogP contribution in [0.1, 0.15) is 22.8 Å². The lowest BCUT2D eigenvalue weighted by Gasteiger charge is -2.25. The molecule has 1 aromatic heterocycles. The van der Waals surface area contributed by atoms with E-state index < -0.39 is 0 Å². The van der Waals surface area contributed by atoms with Crippen molar-refractivity contribution < 1.29 is 4.79 Å². The van der Waals surface area contributed by atoms with Crippen LogP contribution in [-0.4, -0.2) is 35.4 Å². The van der Waals surface area contributed by atoms with Crippen LogP contribution in [0.4, 0.5) is 0 Å². The van der Waals surface area contributed by atoms with Crippen LogP contribution in [0.25, 0.3) is 10.9 Å². The summed E-state index contributed by atoms with van der Waals surface area (Å²) >= 11 is 6.24. The fraction of sp³-hybridized carbons (Fsp3) is 0.250. The van der Waals surface area contributed by atoms with E-state index in [2.05, 4.69) is 41.3 Å². The van der Waals surface area contributed by atoms with E-state index in [0.717, 1.165) is 17.4 Å². The number of amides is 1. The highest BCUT2D eigenvalue weighted by molar-refractivity contribution is 6.36. The molecule has 0 radical (unpaired) electrons. The Hall–Kier alpha value is -2.30. The third-order valence-corrected chi connectivity index (χ3v) is 4.80. The average molecular weight is 356 g/mol. The van der Waals surface area contributed by atoms with Crippen LogP contribution in [0.3, 0.4) is 0 Å².